The third kappa shape index (κ3) is 2.96. The van der Waals surface area contributed by atoms with E-state index in [9.17, 15) is 4.79 Å². The Morgan fingerprint density at radius 2 is 1.84 bits per heavy atom. The fourth-order valence-electron chi connectivity index (χ4n) is 3.14. The Hall–Kier alpha value is -0.580. The molecule has 0 N–H and O–H groups in total. The molecule has 1 aromatic rings. The lowest BCUT2D eigenvalue weighted by Crippen LogP contribution is -2.51. The minimum Gasteiger partial charge on any atom is -0.335 e. The molecule has 0 unspecified atom stereocenters. The van der Waals surface area contributed by atoms with E-state index >= 15 is 0 Å². The van der Waals surface area contributed by atoms with E-state index in [0.29, 0.717) is 4.34 Å². The number of thiophene rings is 1. The fraction of sp³-hybridized carbons (Fsp3) is 0.643. The van der Waals surface area contributed by atoms with Crippen molar-refractivity contribution in [2.45, 2.75) is 31.7 Å². The van der Waals surface area contributed by atoms with Gasteiger partial charge in [0.1, 0.15) is 0 Å². The summed E-state index contributed by atoms with van der Waals surface area (Å²) in [5.74, 6) is 0.142. The Labute approximate surface area is 123 Å². The predicted molar refractivity (Wildman–Crippen MR) is 79.1 cm³/mol. The molecule has 3 rings (SSSR count). The Balaban J connectivity index is 1.56. The van der Waals surface area contributed by atoms with Crippen LogP contribution in [-0.2, 0) is 0 Å². The summed E-state index contributed by atoms with van der Waals surface area (Å²) >= 11 is 7.27. The number of amides is 1. The minimum absolute atomic E-state index is 0.142. The zero-order valence-corrected chi connectivity index (χ0v) is 12.6. The Morgan fingerprint density at radius 1 is 1.16 bits per heavy atom. The Morgan fingerprint density at radius 3 is 2.42 bits per heavy atom. The first kappa shape index (κ1) is 13.4. The van der Waals surface area contributed by atoms with Gasteiger partial charge in [-0.1, -0.05) is 24.4 Å². The van der Waals surface area contributed by atoms with Crippen molar-refractivity contribution in [2.24, 2.45) is 0 Å². The summed E-state index contributed by atoms with van der Waals surface area (Å²) in [6, 6.07) is 4.40. The van der Waals surface area contributed by atoms with Gasteiger partial charge in [0.2, 0.25) is 0 Å². The van der Waals surface area contributed by atoms with Gasteiger partial charge in [0, 0.05) is 32.2 Å². The third-order valence-electron chi connectivity index (χ3n) is 4.23. The summed E-state index contributed by atoms with van der Waals surface area (Å²) < 4.78 is 0.688. The molecule has 1 saturated heterocycles. The topological polar surface area (TPSA) is 23.6 Å². The van der Waals surface area contributed by atoms with E-state index in [4.69, 9.17) is 11.6 Å². The van der Waals surface area contributed by atoms with Crippen LogP contribution in [0.2, 0.25) is 4.34 Å². The molecule has 19 heavy (non-hydrogen) atoms. The molecule has 5 heteroatoms. The van der Waals surface area contributed by atoms with E-state index in [1.54, 1.807) is 6.07 Å². The molecule has 0 radical (unpaired) electrons. The highest BCUT2D eigenvalue weighted by molar-refractivity contribution is 7.17. The van der Waals surface area contributed by atoms with Crippen molar-refractivity contribution >= 4 is 28.8 Å². The predicted octanol–water partition coefficient (Wildman–Crippen LogP) is 3.10. The van der Waals surface area contributed by atoms with Gasteiger partial charge in [-0.15, -0.1) is 11.3 Å². The summed E-state index contributed by atoms with van der Waals surface area (Å²) in [6.45, 7) is 3.75. The van der Waals surface area contributed by atoms with E-state index < -0.39 is 0 Å². The molecule has 1 amide bonds. The number of carbonyl (C=O) groups is 1. The average molecular weight is 299 g/mol. The van der Waals surface area contributed by atoms with Crippen LogP contribution in [-0.4, -0.2) is 47.9 Å². The number of halogens is 1. The molecule has 2 fully saturated rings. The standard InChI is InChI=1S/C14H19ClN2OS/c15-13-6-5-12(19-13)14(18)17-9-7-16(8-10-17)11-3-1-2-4-11/h5-6,11H,1-4,7-10H2. The number of rotatable bonds is 2. The lowest BCUT2D eigenvalue weighted by molar-refractivity contribution is 0.0578. The second-order valence-corrected chi connectivity index (χ2v) is 7.09. The van der Waals surface area contributed by atoms with Gasteiger partial charge < -0.3 is 4.90 Å². The van der Waals surface area contributed by atoms with Crippen molar-refractivity contribution in [1.29, 1.82) is 0 Å². The molecule has 1 aliphatic heterocycles. The van der Waals surface area contributed by atoms with Gasteiger partial charge in [-0.2, -0.15) is 0 Å². The first-order valence-corrected chi connectivity index (χ1v) is 8.22. The van der Waals surface area contributed by atoms with Crippen LogP contribution in [0.3, 0.4) is 0 Å². The maximum Gasteiger partial charge on any atom is 0.264 e. The van der Waals surface area contributed by atoms with E-state index in [1.165, 1.54) is 37.0 Å². The summed E-state index contributed by atoms with van der Waals surface area (Å²) in [7, 11) is 0. The van der Waals surface area contributed by atoms with Crippen LogP contribution >= 0.6 is 22.9 Å². The highest BCUT2D eigenvalue weighted by Gasteiger charge is 2.28. The Bertz CT molecular complexity index is 448. The van der Waals surface area contributed by atoms with Crippen molar-refractivity contribution in [3.8, 4) is 0 Å². The van der Waals surface area contributed by atoms with Crippen LogP contribution in [0.15, 0.2) is 12.1 Å². The second-order valence-electron chi connectivity index (χ2n) is 5.37. The van der Waals surface area contributed by atoms with Crippen LogP contribution in [0, 0.1) is 0 Å². The number of nitrogens with zero attached hydrogens (tertiary/aromatic N) is 2. The molecule has 1 aromatic heterocycles. The fourth-order valence-corrected chi connectivity index (χ4v) is 4.16. The van der Waals surface area contributed by atoms with E-state index in [1.807, 2.05) is 11.0 Å². The molecular formula is C14H19ClN2OS. The zero-order chi connectivity index (χ0) is 13.2. The molecule has 3 nitrogen and oxygen atoms in total. The smallest absolute Gasteiger partial charge is 0.264 e. The molecular weight excluding hydrogens is 280 g/mol. The molecule has 0 aromatic carbocycles. The highest BCUT2D eigenvalue weighted by atomic mass is 35.5. The van der Waals surface area contributed by atoms with Crippen molar-refractivity contribution < 1.29 is 4.79 Å². The quantitative estimate of drug-likeness (QED) is 0.837. The molecule has 2 aliphatic rings. The minimum atomic E-state index is 0.142. The van der Waals surface area contributed by atoms with E-state index in [0.717, 1.165) is 37.1 Å². The van der Waals surface area contributed by atoms with E-state index in [-0.39, 0.29) is 5.91 Å². The number of hydrogen-bond donors (Lipinski definition) is 0. The first-order valence-electron chi connectivity index (χ1n) is 7.03. The van der Waals surface area contributed by atoms with Crippen LogP contribution in [0.5, 0.6) is 0 Å². The first-order chi connectivity index (χ1) is 9.24. The summed E-state index contributed by atoms with van der Waals surface area (Å²) in [5.41, 5.74) is 0. The van der Waals surface area contributed by atoms with Crippen LogP contribution in [0.1, 0.15) is 35.4 Å². The number of hydrogen-bond acceptors (Lipinski definition) is 3. The maximum absolute atomic E-state index is 12.3. The lowest BCUT2D eigenvalue weighted by Gasteiger charge is -2.37. The molecule has 104 valence electrons. The van der Waals surface area contributed by atoms with Crippen molar-refractivity contribution in [1.82, 2.24) is 9.80 Å². The van der Waals surface area contributed by atoms with Crippen LogP contribution < -0.4 is 0 Å². The molecule has 1 aliphatic carbocycles. The van der Waals surface area contributed by atoms with Gasteiger partial charge in [0.05, 0.1) is 9.21 Å². The van der Waals surface area contributed by atoms with Gasteiger partial charge in [-0.05, 0) is 25.0 Å². The number of carbonyl (C=O) groups excluding carboxylic acids is 1. The normalized spacial score (nSPS) is 22.1. The van der Waals surface area contributed by atoms with Gasteiger partial charge in [-0.25, -0.2) is 0 Å². The average Bonchev–Trinajstić information content (AvgIpc) is 3.09. The van der Waals surface area contributed by atoms with Crippen LogP contribution in [0.4, 0.5) is 0 Å². The second kappa shape index (κ2) is 5.81. The van der Waals surface area contributed by atoms with Crippen molar-refractivity contribution in [3.05, 3.63) is 21.3 Å². The maximum atomic E-state index is 12.3. The highest BCUT2D eigenvalue weighted by Crippen LogP contribution is 2.26. The number of piperazine rings is 1. The largest absolute Gasteiger partial charge is 0.335 e. The van der Waals surface area contributed by atoms with Crippen molar-refractivity contribution in [3.63, 3.8) is 0 Å². The lowest BCUT2D eigenvalue weighted by atomic mass is 10.2. The zero-order valence-electron chi connectivity index (χ0n) is 11.0. The molecule has 0 atom stereocenters. The summed E-state index contributed by atoms with van der Waals surface area (Å²) in [6.07, 6.45) is 5.43. The third-order valence-corrected chi connectivity index (χ3v) is 5.45. The summed E-state index contributed by atoms with van der Waals surface area (Å²) in [5, 5.41) is 0. The van der Waals surface area contributed by atoms with Gasteiger partial charge in [-0.3, -0.25) is 9.69 Å². The van der Waals surface area contributed by atoms with Gasteiger partial charge in [0.15, 0.2) is 0 Å². The van der Waals surface area contributed by atoms with Crippen LogP contribution in [0.25, 0.3) is 0 Å². The molecule has 0 bridgehead atoms. The van der Waals surface area contributed by atoms with E-state index in [2.05, 4.69) is 4.90 Å². The molecule has 0 spiro atoms. The monoisotopic (exact) mass is 298 g/mol. The molecule has 1 saturated carbocycles. The van der Waals surface area contributed by atoms with Crippen molar-refractivity contribution in [2.75, 3.05) is 26.2 Å². The summed E-state index contributed by atoms with van der Waals surface area (Å²) in [4.78, 5) is 17.6. The van der Waals surface area contributed by atoms with Gasteiger partial charge >= 0.3 is 0 Å². The van der Waals surface area contributed by atoms with Gasteiger partial charge in [0.25, 0.3) is 5.91 Å². The molecule has 2 heterocycles. The SMILES string of the molecule is O=C(c1ccc(Cl)s1)N1CCN(C2CCCC2)CC1. The Kier molecular flexibility index (Phi) is 4.10.